The first-order valence-corrected chi connectivity index (χ1v) is 7.16. The van der Waals surface area contributed by atoms with E-state index in [1.54, 1.807) is 6.92 Å². The van der Waals surface area contributed by atoms with Crippen molar-refractivity contribution in [1.29, 1.82) is 0 Å². The van der Waals surface area contributed by atoms with Crippen LogP contribution in [0.4, 0.5) is 10.5 Å². The first-order valence-electron chi connectivity index (χ1n) is 7.16. The predicted octanol–water partition coefficient (Wildman–Crippen LogP) is 2.69. The Hall–Kier alpha value is -2.82. The lowest BCUT2D eigenvalue weighted by Gasteiger charge is -2.19. The zero-order valence-corrected chi connectivity index (χ0v) is 12.4. The number of hydrogen-bond donors (Lipinski definition) is 3. The van der Waals surface area contributed by atoms with Crippen LogP contribution in [0.3, 0.4) is 0 Å². The average molecular weight is 297 g/mol. The molecule has 0 aromatic heterocycles. The molecule has 0 bridgehead atoms. The second kappa shape index (κ2) is 7.83. The van der Waals surface area contributed by atoms with Gasteiger partial charge in [-0.15, -0.1) is 0 Å². The fourth-order valence-corrected chi connectivity index (χ4v) is 2.04. The van der Waals surface area contributed by atoms with Gasteiger partial charge in [-0.2, -0.15) is 0 Å². The van der Waals surface area contributed by atoms with Gasteiger partial charge >= 0.3 is 6.03 Å². The Labute approximate surface area is 129 Å². The van der Waals surface area contributed by atoms with Crippen molar-refractivity contribution in [3.8, 4) is 0 Å². The Bertz CT molecular complexity index is 614. The second-order valence-corrected chi connectivity index (χ2v) is 4.70. The molecule has 2 aromatic rings. The van der Waals surface area contributed by atoms with Gasteiger partial charge in [0.1, 0.15) is 6.04 Å². The van der Waals surface area contributed by atoms with Crippen LogP contribution in [0.25, 0.3) is 0 Å². The smallest absolute Gasteiger partial charge is 0.321 e. The molecule has 114 valence electrons. The molecule has 3 amide bonds. The van der Waals surface area contributed by atoms with E-state index in [1.807, 2.05) is 60.7 Å². The zero-order chi connectivity index (χ0) is 15.8. The van der Waals surface area contributed by atoms with Crippen LogP contribution in [0.2, 0.25) is 0 Å². The van der Waals surface area contributed by atoms with E-state index in [2.05, 4.69) is 16.0 Å². The molecule has 0 unspecified atom stereocenters. The van der Waals surface area contributed by atoms with Crippen molar-refractivity contribution in [2.24, 2.45) is 0 Å². The second-order valence-electron chi connectivity index (χ2n) is 4.70. The van der Waals surface area contributed by atoms with E-state index in [-0.39, 0.29) is 0 Å². The van der Waals surface area contributed by atoms with Gasteiger partial charge in [0.15, 0.2) is 0 Å². The minimum atomic E-state index is -0.647. The monoisotopic (exact) mass is 297 g/mol. The molecule has 5 nitrogen and oxygen atoms in total. The Balaban J connectivity index is 2.18. The Morgan fingerprint density at radius 2 is 1.55 bits per heavy atom. The van der Waals surface area contributed by atoms with E-state index >= 15 is 0 Å². The number of nitrogens with one attached hydrogen (secondary N) is 3. The highest BCUT2D eigenvalue weighted by atomic mass is 16.2. The molecule has 2 rings (SSSR count). The van der Waals surface area contributed by atoms with Gasteiger partial charge in [0.05, 0.1) is 0 Å². The maximum Gasteiger partial charge on any atom is 0.321 e. The van der Waals surface area contributed by atoms with Gasteiger partial charge in [-0.1, -0.05) is 48.5 Å². The van der Waals surface area contributed by atoms with Gasteiger partial charge in [0.25, 0.3) is 5.91 Å². The highest BCUT2D eigenvalue weighted by Gasteiger charge is 2.22. The number of urea groups is 1. The zero-order valence-electron chi connectivity index (χ0n) is 12.4. The molecule has 0 spiro atoms. The summed E-state index contributed by atoms with van der Waals surface area (Å²) >= 11 is 0. The topological polar surface area (TPSA) is 70.2 Å². The number of anilines is 1. The van der Waals surface area contributed by atoms with Gasteiger partial charge < -0.3 is 10.6 Å². The number of carbonyl (C=O) groups excluding carboxylic acids is 2. The maximum absolute atomic E-state index is 12.4. The molecule has 0 saturated heterocycles. The summed E-state index contributed by atoms with van der Waals surface area (Å²) in [5.41, 5.74) is 1.59. The highest BCUT2D eigenvalue weighted by molar-refractivity contribution is 5.98. The van der Waals surface area contributed by atoms with Crippen LogP contribution in [0.15, 0.2) is 60.7 Å². The molecule has 22 heavy (non-hydrogen) atoms. The van der Waals surface area contributed by atoms with Gasteiger partial charge in [-0.3, -0.25) is 10.1 Å². The number of amides is 3. The third kappa shape index (κ3) is 4.34. The Kier molecular flexibility index (Phi) is 5.54. The van der Waals surface area contributed by atoms with Crippen molar-refractivity contribution in [3.63, 3.8) is 0 Å². The molecule has 0 radical (unpaired) electrons. The quantitative estimate of drug-likeness (QED) is 0.794. The summed E-state index contributed by atoms with van der Waals surface area (Å²) in [6, 6.07) is 17.5. The number of hydrogen-bond acceptors (Lipinski definition) is 3. The number of imide groups is 1. The Morgan fingerprint density at radius 3 is 2.14 bits per heavy atom. The van der Waals surface area contributed by atoms with Crippen LogP contribution >= 0.6 is 0 Å². The van der Waals surface area contributed by atoms with E-state index in [0.717, 1.165) is 11.3 Å². The molecule has 0 heterocycles. The molecule has 0 saturated carbocycles. The summed E-state index contributed by atoms with van der Waals surface area (Å²) in [7, 11) is 0. The molecule has 0 aliphatic rings. The van der Waals surface area contributed by atoms with Gasteiger partial charge in [-0.05, 0) is 24.6 Å². The lowest BCUT2D eigenvalue weighted by atomic mass is 10.1. The summed E-state index contributed by atoms with van der Waals surface area (Å²) < 4.78 is 0. The minimum Gasteiger partial charge on any atom is -0.370 e. The number of carbonyl (C=O) groups is 2. The van der Waals surface area contributed by atoms with E-state index in [4.69, 9.17) is 0 Å². The molecule has 3 N–H and O–H groups in total. The van der Waals surface area contributed by atoms with Crippen LogP contribution in [-0.4, -0.2) is 18.5 Å². The van der Waals surface area contributed by atoms with Crippen molar-refractivity contribution in [2.45, 2.75) is 13.0 Å². The molecular formula is C17H19N3O2. The van der Waals surface area contributed by atoms with Crippen molar-refractivity contribution in [3.05, 3.63) is 66.2 Å². The molecular weight excluding hydrogens is 278 g/mol. The SMILES string of the molecule is CCNC(=O)NC(=O)[C@H](Nc1ccccc1)c1ccccc1. The van der Waals surface area contributed by atoms with E-state index < -0.39 is 18.0 Å². The summed E-state index contributed by atoms with van der Waals surface area (Å²) in [5.74, 6) is -0.402. The third-order valence-electron chi connectivity index (χ3n) is 3.05. The molecule has 5 heteroatoms. The molecule has 1 atom stereocenters. The van der Waals surface area contributed by atoms with Gasteiger partial charge in [0, 0.05) is 12.2 Å². The van der Waals surface area contributed by atoms with Crippen molar-refractivity contribution >= 4 is 17.6 Å². The van der Waals surface area contributed by atoms with E-state index in [0.29, 0.717) is 6.54 Å². The standard InChI is InChI=1S/C17H19N3O2/c1-2-18-17(22)20-16(21)15(13-9-5-3-6-10-13)19-14-11-7-4-8-12-14/h3-12,15,19H,2H2,1H3,(H2,18,20,21,22)/t15-/m1/s1. The Morgan fingerprint density at radius 1 is 0.955 bits per heavy atom. The fraction of sp³-hybridized carbons (Fsp3) is 0.176. The van der Waals surface area contributed by atoms with Crippen molar-refractivity contribution in [2.75, 3.05) is 11.9 Å². The van der Waals surface area contributed by atoms with Crippen molar-refractivity contribution in [1.82, 2.24) is 10.6 Å². The summed E-state index contributed by atoms with van der Waals surface area (Å²) in [6.45, 7) is 2.25. The molecule has 2 aromatic carbocycles. The van der Waals surface area contributed by atoms with E-state index in [1.165, 1.54) is 0 Å². The molecule has 0 aliphatic carbocycles. The number of rotatable bonds is 5. The predicted molar refractivity (Wildman–Crippen MR) is 86.5 cm³/mol. The molecule has 0 fully saturated rings. The van der Waals surface area contributed by atoms with Crippen molar-refractivity contribution < 1.29 is 9.59 Å². The first-order chi connectivity index (χ1) is 10.7. The lowest BCUT2D eigenvalue weighted by Crippen LogP contribution is -2.43. The van der Waals surface area contributed by atoms with Crippen LogP contribution < -0.4 is 16.0 Å². The summed E-state index contributed by atoms with van der Waals surface area (Å²) in [6.07, 6.45) is 0. The normalized spacial score (nSPS) is 11.3. The summed E-state index contributed by atoms with van der Waals surface area (Å²) in [5, 5.41) is 8.05. The van der Waals surface area contributed by atoms with Crippen LogP contribution in [0, 0.1) is 0 Å². The maximum atomic E-state index is 12.4. The largest absolute Gasteiger partial charge is 0.370 e. The van der Waals surface area contributed by atoms with Crippen LogP contribution in [0.1, 0.15) is 18.5 Å². The lowest BCUT2D eigenvalue weighted by molar-refractivity contribution is -0.120. The minimum absolute atomic E-state index is 0.402. The highest BCUT2D eigenvalue weighted by Crippen LogP contribution is 2.19. The average Bonchev–Trinajstić information content (AvgIpc) is 2.54. The first kappa shape index (κ1) is 15.6. The van der Waals surface area contributed by atoms with E-state index in [9.17, 15) is 9.59 Å². The summed E-state index contributed by atoms with van der Waals surface area (Å²) in [4.78, 5) is 24.0. The van der Waals surface area contributed by atoms with Crippen LogP contribution in [-0.2, 0) is 4.79 Å². The number of benzene rings is 2. The fourth-order valence-electron chi connectivity index (χ4n) is 2.04. The number of para-hydroxylation sites is 1. The van der Waals surface area contributed by atoms with Crippen LogP contribution in [0.5, 0.6) is 0 Å². The van der Waals surface area contributed by atoms with Gasteiger partial charge in [-0.25, -0.2) is 4.79 Å². The third-order valence-corrected chi connectivity index (χ3v) is 3.05. The van der Waals surface area contributed by atoms with Gasteiger partial charge in [0.2, 0.25) is 0 Å². The molecule has 0 aliphatic heterocycles.